The molecule has 5 heteroatoms. The summed E-state index contributed by atoms with van der Waals surface area (Å²) in [7, 11) is 1.93. The lowest BCUT2D eigenvalue weighted by atomic mass is 10.1. The number of carbonyl (C=O) groups is 1. The minimum absolute atomic E-state index is 0.119. The Kier molecular flexibility index (Phi) is 6.63. The second-order valence-corrected chi connectivity index (χ2v) is 6.84. The van der Waals surface area contributed by atoms with Crippen molar-refractivity contribution in [1.82, 2.24) is 9.80 Å². The number of carbonyl (C=O) groups excluding carboxylic acids is 1. The van der Waals surface area contributed by atoms with Crippen molar-refractivity contribution in [2.24, 2.45) is 0 Å². The van der Waals surface area contributed by atoms with E-state index in [0.717, 1.165) is 37.3 Å². The molecule has 1 amide bonds. The van der Waals surface area contributed by atoms with Crippen LogP contribution in [-0.2, 0) is 0 Å². The molecule has 0 radical (unpaired) electrons. The van der Waals surface area contributed by atoms with E-state index in [2.05, 4.69) is 25.7 Å². The van der Waals surface area contributed by atoms with Crippen LogP contribution in [0.25, 0.3) is 0 Å². The lowest BCUT2D eigenvalue weighted by Crippen LogP contribution is -2.56. The molecule has 1 aliphatic heterocycles. The number of hydrogen-bond donors (Lipinski definition) is 1. The summed E-state index contributed by atoms with van der Waals surface area (Å²) in [5, 5.41) is 9.01. The van der Waals surface area contributed by atoms with Gasteiger partial charge in [-0.25, -0.2) is 0 Å². The van der Waals surface area contributed by atoms with Crippen molar-refractivity contribution in [3.05, 3.63) is 29.8 Å². The zero-order valence-corrected chi connectivity index (χ0v) is 15.4. The maximum atomic E-state index is 12.8. The van der Waals surface area contributed by atoms with Gasteiger partial charge in [0.05, 0.1) is 6.61 Å². The maximum absolute atomic E-state index is 12.8. The number of nitrogens with zero attached hydrogens (tertiary/aromatic N) is 3. The van der Waals surface area contributed by atoms with E-state index in [1.54, 1.807) is 0 Å². The molecule has 1 aliphatic rings. The predicted octanol–water partition coefficient (Wildman–Crippen LogP) is 2.06. The van der Waals surface area contributed by atoms with E-state index >= 15 is 0 Å². The quantitative estimate of drug-likeness (QED) is 0.866. The summed E-state index contributed by atoms with van der Waals surface area (Å²) >= 11 is 0. The van der Waals surface area contributed by atoms with Gasteiger partial charge in [0.25, 0.3) is 5.91 Å². The van der Waals surface area contributed by atoms with Crippen molar-refractivity contribution >= 4 is 11.6 Å². The summed E-state index contributed by atoms with van der Waals surface area (Å²) in [4.78, 5) is 19.3. The fourth-order valence-electron chi connectivity index (χ4n) is 3.42. The lowest BCUT2D eigenvalue weighted by molar-refractivity contribution is 0.0371. The number of aliphatic hydroxyl groups is 1. The summed E-state index contributed by atoms with van der Waals surface area (Å²) in [6.45, 7) is 9.89. The second-order valence-electron chi connectivity index (χ2n) is 6.84. The van der Waals surface area contributed by atoms with E-state index in [1.807, 2.05) is 41.1 Å². The van der Waals surface area contributed by atoms with Crippen LogP contribution in [0.2, 0.25) is 0 Å². The molecule has 0 aromatic heterocycles. The van der Waals surface area contributed by atoms with Gasteiger partial charge in [-0.15, -0.1) is 0 Å². The van der Waals surface area contributed by atoms with Crippen molar-refractivity contribution < 1.29 is 9.90 Å². The van der Waals surface area contributed by atoms with E-state index in [4.69, 9.17) is 5.11 Å². The molecule has 1 fully saturated rings. The average Bonchev–Trinajstić information content (AvgIpc) is 2.60. The second kappa shape index (κ2) is 8.49. The van der Waals surface area contributed by atoms with Gasteiger partial charge in [0.2, 0.25) is 0 Å². The van der Waals surface area contributed by atoms with Crippen molar-refractivity contribution in [2.75, 3.05) is 44.7 Å². The first-order valence-corrected chi connectivity index (χ1v) is 8.95. The molecule has 0 unspecified atom stereocenters. The molecule has 5 nitrogen and oxygen atoms in total. The number of rotatable bonds is 6. The summed E-state index contributed by atoms with van der Waals surface area (Å²) < 4.78 is 0. The molecule has 1 aromatic rings. The molecular formula is C19H31N3O2. The van der Waals surface area contributed by atoms with Gasteiger partial charge in [-0.3, -0.25) is 9.69 Å². The smallest absolute Gasteiger partial charge is 0.253 e. The van der Waals surface area contributed by atoms with Gasteiger partial charge in [0.15, 0.2) is 0 Å². The number of hydrogen-bond acceptors (Lipinski definition) is 4. The van der Waals surface area contributed by atoms with Gasteiger partial charge in [-0.2, -0.15) is 0 Å². The Balaban J connectivity index is 2.04. The van der Waals surface area contributed by atoms with Crippen LogP contribution in [0.3, 0.4) is 0 Å². The number of piperazine rings is 1. The van der Waals surface area contributed by atoms with Crippen molar-refractivity contribution in [2.45, 2.75) is 39.3 Å². The maximum Gasteiger partial charge on any atom is 0.253 e. The minimum atomic E-state index is 0.119. The number of aliphatic hydroxyl groups excluding tert-OH is 1. The highest BCUT2D eigenvalue weighted by molar-refractivity contribution is 5.94. The van der Waals surface area contributed by atoms with Gasteiger partial charge < -0.3 is 14.9 Å². The van der Waals surface area contributed by atoms with Crippen molar-refractivity contribution in [3.8, 4) is 0 Å². The first-order chi connectivity index (χ1) is 11.5. The van der Waals surface area contributed by atoms with E-state index < -0.39 is 0 Å². The SMILES string of the molecule is CC[C@H]1CN(C(=O)c2ccc(N(C)CCO)cc2)CCN1C(C)C. The number of benzene rings is 1. The molecular weight excluding hydrogens is 302 g/mol. The molecule has 2 rings (SSSR count). The predicted molar refractivity (Wildman–Crippen MR) is 98.6 cm³/mol. The Morgan fingerprint density at radius 2 is 1.96 bits per heavy atom. The van der Waals surface area contributed by atoms with Crippen LogP contribution in [-0.4, -0.2) is 72.7 Å². The number of likely N-dealkylation sites (N-methyl/N-ethyl adjacent to an activating group) is 1. The Labute approximate surface area is 145 Å². The lowest BCUT2D eigenvalue weighted by Gasteiger charge is -2.43. The zero-order valence-electron chi connectivity index (χ0n) is 15.4. The molecule has 1 saturated heterocycles. The van der Waals surface area contributed by atoms with Crippen LogP contribution in [0, 0.1) is 0 Å². The molecule has 0 saturated carbocycles. The first kappa shape index (κ1) is 18.7. The molecule has 1 aromatic carbocycles. The van der Waals surface area contributed by atoms with E-state index in [0.29, 0.717) is 18.6 Å². The fourth-order valence-corrected chi connectivity index (χ4v) is 3.42. The van der Waals surface area contributed by atoms with Gasteiger partial charge in [-0.1, -0.05) is 6.92 Å². The van der Waals surface area contributed by atoms with E-state index in [9.17, 15) is 4.79 Å². The fraction of sp³-hybridized carbons (Fsp3) is 0.632. The molecule has 24 heavy (non-hydrogen) atoms. The highest BCUT2D eigenvalue weighted by atomic mass is 16.3. The first-order valence-electron chi connectivity index (χ1n) is 8.95. The molecule has 0 aliphatic carbocycles. The number of amides is 1. The normalized spacial score (nSPS) is 18.9. The Bertz CT molecular complexity index is 530. The van der Waals surface area contributed by atoms with Crippen molar-refractivity contribution in [1.29, 1.82) is 0 Å². The van der Waals surface area contributed by atoms with Crippen LogP contribution >= 0.6 is 0 Å². The average molecular weight is 333 g/mol. The highest BCUT2D eigenvalue weighted by Gasteiger charge is 2.30. The van der Waals surface area contributed by atoms with Crippen LogP contribution in [0.1, 0.15) is 37.6 Å². The third kappa shape index (κ3) is 4.28. The van der Waals surface area contributed by atoms with Crippen LogP contribution in [0.15, 0.2) is 24.3 Å². The molecule has 1 heterocycles. The Hall–Kier alpha value is -1.59. The highest BCUT2D eigenvalue weighted by Crippen LogP contribution is 2.19. The van der Waals surface area contributed by atoms with Crippen LogP contribution in [0.4, 0.5) is 5.69 Å². The Morgan fingerprint density at radius 1 is 1.29 bits per heavy atom. The van der Waals surface area contributed by atoms with E-state index in [-0.39, 0.29) is 12.5 Å². The molecule has 1 N–H and O–H groups in total. The summed E-state index contributed by atoms with van der Waals surface area (Å²) in [5.41, 5.74) is 1.75. The van der Waals surface area contributed by atoms with Crippen LogP contribution < -0.4 is 4.90 Å². The topological polar surface area (TPSA) is 47.0 Å². The van der Waals surface area contributed by atoms with Crippen molar-refractivity contribution in [3.63, 3.8) is 0 Å². The molecule has 134 valence electrons. The summed E-state index contributed by atoms with van der Waals surface area (Å²) in [6.07, 6.45) is 1.06. The zero-order chi connectivity index (χ0) is 17.7. The van der Waals surface area contributed by atoms with Gasteiger partial charge >= 0.3 is 0 Å². The monoisotopic (exact) mass is 333 g/mol. The standard InChI is InChI=1S/C19H31N3O2/c1-5-17-14-21(10-11-22(17)15(2)3)19(24)16-6-8-18(9-7-16)20(4)12-13-23/h6-9,15,17,23H,5,10-14H2,1-4H3/t17-/m0/s1. The molecule has 1 atom stereocenters. The third-order valence-corrected chi connectivity index (χ3v) is 4.94. The largest absolute Gasteiger partial charge is 0.395 e. The summed E-state index contributed by atoms with van der Waals surface area (Å²) in [6, 6.07) is 8.64. The summed E-state index contributed by atoms with van der Waals surface area (Å²) in [5.74, 6) is 0.119. The van der Waals surface area contributed by atoms with E-state index in [1.165, 1.54) is 0 Å². The molecule has 0 bridgehead atoms. The van der Waals surface area contributed by atoms with Gasteiger partial charge in [0.1, 0.15) is 0 Å². The van der Waals surface area contributed by atoms with Crippen LogP contribution in [0.5, 0.6) is 0 Å². The third-order valence-electron chi connectivity index (χ3n) is 4.94. The van der Waals surface area contributed by atoms with Gasteiger partial charge in [0, 0.05) is 56.6 Å². The molecule has 0 spiro atoms. The number of anilines is 1. The van der Waals surface area contributed by atoms with Gasteiger partial charge in [-0.05, 0) is 44.5 Å². The minimum Gasteiger partial charge on any atom is -0.395 e. The Morgan fingerprint density at radius 3 is 2.50 bits per heavy atom.